The lowest BCUT2D eigenvalue weighted by Gasteiger charge is -2.17. The highest BCUT2D eigenvalue weighted by atomic mass is 16.5. The van der Waals surface area contributed by atoms with Crippen molar-refractivity contribution in [3.8, 4) is 5.75 Å². The number of hydrogen-bond donors (Lipinski definition) is 3. The number of aliphatic imine (C=N–C) groups is 1. The molecule has 0 unspecified atom stereocenters. The van der Waals surface area contributed by atoms with E-state index in [2.05, 4.69) is 20.9 Å². The third-order valence-electron chi connectivity index (χ3n) is 3.30. The Labute approximate surface area is 150 Å². The number of benzene rings is 1. The first kappa shape index (κ1) is 20.8. The van der Waals surface area contributed by atoms with Crippen LogP contribution in [-0.2, 0) is 16.1 Å². The number of hydrogen-bond acceptors (Lipinski definition) is 4. The van der Waals surface area contributed by atoms with Crippen molar-refractivity contribution >= 4 is 11.9 Å². The van der Waals surface area contributed by atoms with Gasteiger partial charge in [-0.25, -0.2) is 0 Å². The third kappa shape index (κ3) is 8.39. The molecule has 0 aromatic heterocycles. The Kier molecular flexibility index (Phi) is 9.39. The van der Waals surface area contributed by atoms with Gasteiger partial charge in [-0.1, -0.05) is 12.1 Å². The number of nitrogens with one attached hydrogen (secondary N) is 3. The molecule has 0 aliphatic heterocycles. The van der Waals surface area contributed by atoms with Crippen LogP contribution in [0, 0.1) is 6.92 Å². The van der Waals surface area contributed by atoms with E-state index < -0.39 is 0 Å². The van der Waals surface area contributed by atoms with Gasteiger partial charge in [0.2, 0.25) is 5.91 Å². The first-order chi connectivity index (χ1) is 12.0. The Bertz CT molecular complexity index is 573. The molecular formula is C18H30N4O3. The van der Waals surface area contributed by atoms with Gasteiger partial charge >= 0.3 is 0 Å². The summed E-state index contributed by atoms with van der Waals surface area (Å²) in [5.74, 6) is 1.30. The molecule has 7 nitrogen and oxygen atoms in total. The van der Waals surface area contributed by atoms with Gasteiger partial charge in [-0.2, -0.15) is 0 Å². The van der Waals surface area contributed by atoms with E-state index in [1.165, 1.54) is 0 Å². The van der Waals surface area contributed by atoms with Crippen LogP contribution in [0.3, 0.4) is 0 Å². The summed E-state index contributed by atoms with van der Waals surface area (Å²) in [6.45, 7) is 7.71. The summed E-state index contributed by atoms with van der Waals surface area (Å²) in [6, 6.07) is 6.10. The van der Waals surface area contributed by atoms with E-state index in [1.807, 2.05) is 39.0 Å². The fraction of sp³-hybridized carbons (Fsp3) is 0.556. The van der Waals surface area contributed by atoms with Crippen LogP contribution in [0.1, 0.15) is 25.0 Å². The molecule has 140 valence electrons. The zero-order chi connectivity index (χ0) is 18.7. The summed E-state index contributed by atoms with van der Waals surface area (Å²) in [7, 11) is 3.26. The normalized spacial score (nSPS) is 11.4. The molecule has 0 saturated carbocycles. The molecule has 0 atom stereocenters. The average molecular weight is 350 g/mol. The maximum absolute atomic E-state index is 11.7. The second-order valence-corrected chi connectivity index (χ2v) is 5.90. The van der Waals surface area contributed by atoms with Crippen molar-refractivity contribution in [2.24, 2.45) is 4.99 Å². The predicted molar refractivity (Wildman–Crippen MR) is 100 cm³/mol. The van der Waals surface area contributed by atoms with Gasteiger partial charge in [0.05, 0.1) is 19.3 Å². The van der Waals surface area contributed by atoms with Crippen LogP contribution in [0.15, 0.2) is 23.2 Å². The maximum Gasteiger partial charge on any atom is 0.239 e. The summed E-state index contributed by atoms with van der Waals surface area (Å²) < 4.78 is 10.8. The zero-order valence-electron chi connectivity index (χ0n) is 15.8. The molecule has 0 spiro atoms. The second kappa shape index (κ2) is 11.3. The number of ether oxygens (including phenoxy) is 2. The number of methoxy groups -OCH3 is 1. The number of rotatable bonds is 9. The van der Waals surface area contributed by atoms with Gasteiger partial charge in [0.25, 0.3) is 0 Å². The van der Waals surface area contributed by atoms with Crippen LogP contribution in [-0.4, -0.2) is 51.8 Å². The number of carbonyl (C=O) groups excluding carboxylic acids is 1. The van der Waals surface area contributed by atoms with Crippen LogP contribution < -0.4 is 20.7 Å². The van der Waals surface area contributed by atoms with E-state index in [4.69, 9.17) is 9.47 Å². The maximum atomic E-state index is 11.7. The lowest BCUT2D eigenvalue weighted by molar-refractivity contribution is -0.120. The third-order valence-corrected chi connectivity index (χ3v) is 3.30. The van der Waals surface area contributed by atoms with Crippen LogP contribution >= 0.6 is 0 Å². The average Bonchev–Trinajstić information content (AvgIpc) is 2.56. The molecule has 7 heteroatoms. The summed E-state index contributed by atoms with van der Waals surface area (Å²) in [4.78, 5) is 15.8. The molecular weight excluding hydrogens is 320 g/mol. The number of amides is 1. The number of nitrogens with zero attached hydrogens (tertiary/aromatic N) is 1. The highest BCUT2D eigenvalue weighted by molar-refractivity contribution is 5.86. The highest BCUT2D eigenvalue weighted by Gasteiger charge is 2.08. The molecule has 0 bridgehead atoms. The van der Waals surface area contributed by atoms with Gasteiger partial charge in [0.15, 0.2) is 5.96 Å². The minimum Gasteiger partial charge on any atom is -0.491 e. The smallest absolute Gasteiger partial charge is 0.239 e. The molecule has 1 rings (SSSR count). The molecule has 1 amide bonds. The van der Waals surface area contributed by atoms with Crippen molar-refractivity contribution in [2.45, 2.75) is 33.4 Å². The Morgan fingerprint density at radius 3 is 2.64 bits per heavy atom. The van der Waals surface area contributed by atoms with Gasteiger partial charge in [-0.15, -0.1) is 0 Å². The van der Waals surface area contributed by atoms with E-state index in [9.17, 15) is 4.79 Å². The van der Waals surface area contributed by atoms with Crippen LogP contribution in [0.4, 0.5) is 0 Å². The minimum absolute atomic E-state index is 0.105. The summed E-state index contributed by atoms with van der Waals surface area (Å²) in [5.41, 5.74) is 2.18. The summed E-state index contributed by atoms with van der Waals surface area (Å²) in [6.07, 6.45) is 0.105. The molecule has 0 heterocycles. The Balaban J connectivity index is 2.53. The van der Waals surface area contributed by atoms with Gasteiger partial charge in [0, 0.05) is 32.8 Å². The lowest BCUT2D eigenvalue weighted by atomic mass is 10.1. The van der Waals surface area contributed by atoms with Gasteiger partial charge in [-0.3, -0.25) is 9.79 Å². The van der Waals surface area contributed by atoms with Crippen molar-refractivity contribution in [1.82, 2.24) is 16.0 Å². The van der Waals surface area contributed by atoms with Crippen LogP contribution in [0.25, 0.3) is 0 Å². The van der Waals surface area contributed by atoms with E-state index in [1.54, 1.807) is 14.2 Å². The van der Waals surface area contributed by atoms with Gasteiger partial charge < -0.3 is 25.4 Å². The standard InChI is InChI=1S/C18H30N4O3/c1-13(2)25-16-10-14(3)6-7-15(16)11-21-18(19-4)22-12-17(23)20-8-9-24-5/h6-7,10,13H,8-9,11-12H2,1-5H3,(H,20,23)(H2,19,21,22). The first-order valence-electron chi connectivity index (χ1n) is 8.42. The Morgan fingerprint density at radius 2 is 2.00 bits per heavy atom. The second-order valence-electron chi connectivity index (χ2n) is 5.90. The van der Waals surface area contributed by atoms with Crippen molar-refractivity contribution < 1.29 is 14.3 Å². The van der Waals surface area contributed by atoms with Gasteiger partial charge in [-0.05, 0) is 32.4 Å². The molecule has 3 N–H and O–H groups in total. The van der Waals surface area contributed by atoms with E-state index in [0.29, 0.717) is 25.7 Å². The van der Waals surface area contributed by atoms with Crippen molar-refractivity contribution in [3.05, 3.63) is 29.3 Å². The largest absolute Gasteiger partial charge is 0.491 e. The number of aryl methyl sites for hydroxylation is 1. The fourth-order valence-electron chi connectivity index (χ4n) is 2.09. The topological polar surface area (TPSA) is 84.0 Å². The van der Waals surface area contributed by atoms with Crippen LogP contribution in [0.2, 0.25) is 0 Å². The quantitative estimate of drug-likeness (QED) is 0.354. The molecule has 25 heavy (non-hydrogen) atoms. The first-order valence-corrected chi connectivity index (χ1v) is 8.42. The minimum atomic E-state index is -0.112. The van der Waals surface area contributed by atoms with E-state index in [-0.39, 0.29) is 18.6 Å². The fourth-order valence-corrected chi connectivity index (χ4v) is 2.09. The van der Waals surface area contributed by atoms with Crippen molar-refractivity contribution in [1.29, 1.82) is 0 Å². The Morgan fingerprint density at radius 1 is 1.24 bits per heavy atom. The number of carbonyl (C=O) groups is 1. The molecule has 0 saturated heterocycles. The van der Waals surface area contributed by atoms with Crippen LogP contribution in [0.5, 0.6) is 5.75 Å². The molecule has 0 fully saturated rings. The summed E-state index contributed by atoms with van der Waals surface area (Å²) >= 11 is 0. The molecule has 1 aromatic rings. The Hall–Kier alpha value is -2.28. The van der Waals surface area contributed by atoms with Gasteiger partial charge in [0.1, 0.15) is 5.75 Å². The molecule has 0 aliphatic carbocycles. The lowest BCUT2D eigenvalue weighted by Crippen LogP contribution is -2.43. The molecule has 0 radical (unpaired) electrons. The van der Waals surface area contributed by atoms with E-state index in [0.717, 1.165) is 16.9 Å². The SMILES string of the molecule is CN=C(NCC(=O)NCCOC)NCc1ccc(C)cc1OC(C)C. The zero-order valence-corrected chi connectivity index (χ0v) is 15.8. The van der Waals surface area contributed by atoms with Crippen molar-refractivity contribution in [3.63, 3.8) is 0 Å². The van der Waals surface area contributed by atoms with E-state index >= 15 is 0 Å². The number of guanidine groups is 1. The molecule has 1 aromatic carbocycles. The molecule has 0 aliphatic rings. The predicted octanol–water partition coefficient (Wildman–Crippen LogP) is 1.21. The monoisotopic (exact) mass is 350 g/mol. The summed E-state index contributed by atoms with van der Waals surface area (Å²) in [5, 5.41) is 8.92. The van der Waals surface area contributed by atoms with Crippen molar-refractivity contribution in [2.75, 3.05) is 33.9 Å². The highest BCUT2D eigenvalue weighted by Crippen LogP contribution is 2.21.